The maximum absolute atomic E-state index is 13.2. The monoisotopic (exact) mass is 420 g/mol. The molecule has 1 atom stereocenters. The third kappa shape index (κ3) is 7.02. The third-order valence-electron chi connectivity index (χ3n) is 4.77. The summed E-state index contributed by atoms with van der Waals surface area (Å²) in [5.41, 5.74) is 0.352. The van der Waals surface area contributed by atoms with E-state index in [1.807, 2.05) is 6.92 Å². The number of carbonyl (C=O) groups is 3. The van der Waals surface area contributed by atoms with Gasteiger partial charge in [0.2, 0.25) is 5.91 Å². The lowest BCUT2D eigenvalue weighted by atomic mass is 10.1. The van der Waals surface area contributed by atoms with Crippen LogP contribution in [0.4, 0.5) is 0 Å². The third-order valence-corrected chi connectivity index (χ3v) is 4.77. The summed E-state index contributed by atoms with van der Waals surface area (Å²) in [6.07, 6.45) is 2.62. The number of amides is 2. The molecule has 1 aliphatic rings. The molecule has 166 valence electrons. The minimum absolute atomic E-state index is 0.170. The predicted molar refractivity (Wildman–Crippen MR) is 111 cm³/mol. The van der Waals surface area contributed by atoms with E-state index in [0.29, 0.717) is 50.8 Å². The molecule has 30 heavy (non-hydrogen) atoms. The Balaban J connectivity index is 2.06. The summed E-state index contributed by atoms with van der Waals surface area (Å²) in [4.78, 5) is 39.3. The van der Waals surface area contributed by atoms with Crippen LogP contribution >= 0.6 is 0 Å². The van der Waals surface area contributed by atoms with E-state index in [1.165, 1.54) is 4.90 Å². The Morgan fingerprint density at radius 1 is 1.13 bits per heavy atom. The number of unbranched alkanes of at least 4 members (excludes halogenated alkanes) is 2. The molecule has 0 aliphatic carbocycles. The first-order valence-electron chi connectivity index (χ1n) is 10.6. The average Bonchev–Trinajstić information content (AvgIpc) is 2.75. The van der Waals surface area contributed by atoms with Crippen LogP contribution in [0.3, 0.4) is 0 Å². The van der Waals surface area contributed by atoms with Crippen LogP contribution in [0.5, 0.6) is 5.75 Å². The first-order chi connectivity index (χ1) is 14.6. The van der Waals surface area contributed by atoms with Crippen molar-refractivity contribution in [2.45, 2.75) is 45.6 Å². The Hall–Kier alpha value is -2.61. The molecule has 1 saturated heterocycles. The fraction of sp³-hybridized carbons (Fsp3) is 0.591. The Labute approximate surface area is 177 Å². The molecule has 1 aromatic rings. The second kappa shape index (κ2) is 12.8. The highest BCUT2D eigenvalue weighted by Gasteiger charge is 2.36. The maximum atomic E-state index is 13.2. The van der Waals surface area contributed by atoms with E-state index in [-0.39, 0.29) is 18.2 Å². The minimum atomic E-state index is -0.901. The number of carbonyl (C=O) groups excluding carboxylic acids is 3. The number of piperazine rings is 1. The summed E-state index contributed by atoms with van der Waals surface area (Å²) in [5, 5.41) is 2.72. The van der Waals surface area contributed by atoms with Crippen LogP contribution in [0.2, 0.25) is 0 Å². The lowest BCUT2D eigenvalue weighted by molar-refractivity contribution is -0.147. The molecule has 2 amide bonds. The van der Waals surface area contributed by atoms with Gasteiger partial charge in [0.1, 0.15) is 18.4 Å². The van der Waals surface area contributed by atoms with Crippen molar-refractivity contribution in [2.75, 3.05) is 39.5 Å². The fourth-order valence-electron chi connectivity index (χ4n) is 3.19. The van der Waals surface area contributed by atoms with E-state index < -0.39 is 12.0 Å². The molecule has 2 rings (SSSR count). The van der Waals surface area contributed by atoms with E-state index in [2.05, 4.69) is 12.2 Å². The van der Waals surface area contributed by atoms with Gasteiger partial charge in [-0.05, 0) is 25.5 Å². The molecule has 1 aliphatic heterocycles. The number of rotatable bonds is 12. The zero-order valence-corrected chi connectivity index (χ0v) is 17.9. The van der Waals surface area contributed by atoms with Gasteiger partial charge in [0, 0.05) is 19.7 Å². The number of para-hydroxylation sites is 1. The second-order valence-electron chi connectivity index (χ2n) is 6.98. The zero-order valence-electron chi connectivity index (χ0n) is 17.9. The van der Waals surface area contributed by atoms with Gasteiger partial charge in [0.25, 0.3) is 5.91 Å². The highest BCUT2D eigenvalue weighted by molar-refractivity contribution is 6.01. The Morgan fingerprint density at radius 2 is 1.93 bits per heavy atom. The summed E-state index contributed by atoms with van der Waals surface area (Å²) in [7, 11) is 0. The molecule has 1 heterocycles. The Bertz CT molecular complexity index is 709. The normalized spacial score (nSPS) is 16.1. The van der Waals surface area contributed by atoms with Crippen molar-refractivity contribution in [3.63, 3.8) is 0 Å². The Morgan fingerprint density at radius 3 is 2.70 bits per heavy atom. The van der Waals surface area contributed by atoms with Crippen LogP contribution in [0.25, 0.3) is 0 Å². The van der Waals surface area contributed by atoms with Gasteiger partial charge in [-0.15, -0.1) is 0 Å². The van der Waals surface area contributed by atoms with Crippen molar-refractivity contribution in [1.29, 1.82) is 0 Å². The van der Waals surface area contributed by atoms with E-state index in [9.17, 15) is 14.4 Å². The maximum Gasteiger partial charge on any atom is 0.308 e. The van der Waals surface area contributed by atoms with Gasteiger partial charge in [0.05, 0.1) is 25.2 Å². The Kier molecular flexibility index (Phi) is 10.1. The molecule has 0 saturated carbocycles. The summed E-state index contributed by atoms with van der Waals surface area (Å²) in [6.45, 7) is 6.24. The van der Waals surface area contributed by atoms with Gasteiger partial charge in [-0.2, -0.15) is 0 Å². The highest BCUT2D eigenvalue weighted by atomic mass is 16.5. The molecule has 8 heteroatoms. The summed E-state index contributed by atoms with van der Waals surface area (Å²) in [5.74, 6) is -0.753. The van der Waals surface area contributed by atoms with Crippen molar-refractivity contribution in [1.82, 2.24) is 10.2 Å². The molecule has 1 fully saturated rings. The zero-order chi connectivity index (χ0) is 21.8. The first-order valence-corrected chi connectivity index (χ1v) is 10.6. The van der Waals surface area contributed by atoms with Gasteiger partial charge in [-0.25, -0.2) is 0 Å². The van der Waals surface area contributed by atoms with E-state index >= 15 is 0 Å². The number of ether oxygens (including phenoxy) is 3. The largest absolute Gasteiger partial charge is 0.490 e. The summed E-state index contributed by atoms with van der Waals surface area (Å²) < 4.78 is 16.2. The molecule has 1 N–H and O–H groups in total. The molecule has 8 nitrogen and oxygen atoms in total. The SMILES string of the molecule is CCCCCOC(=O)CC1C(=O)NCCN1C(=O)c1ccccc1OCCOCC. The number of hydrogen-bond acceptors (Lipinski definition) is 6. The van der Waals surface area contributed by atoms with E-state index in [0.717, 1.165) is 19.3 Å². The molecule has 1 aromatic carbocycles. The standard InChI is InChI=1S/C22H32N2O6/c1-3-5-8-13-30-20(25)16-18-21(26)23-11-12-24(18)22(27)17-9-6-7-10-19(17)29-15-14-28-4-2/h6-7,9-10,18H,3-5,8,11-16H2,1-2H3,(H,23,26). The number of benzene rings is 1. The molecule has 0 bridgehead atoms. The van der Waals surface area contributed by atoms with Gasteiger partial charge >= 0.3 is 5.97 Å². The van der Waals surface area contributed by atoms with Gasteiger partial charge in [-0.1, -0.05) is 31.9 Å². The molecular formula is C22H32N2O6. The highest BCUT2D eigenvalue weighted by Crippen LogP contribution is 2.23. The van der Waals surface area contributed by atoms with E-state index in [4.69, 9.17) is 14.2 Å². The predicted octanol–water partition coefficient (Wildman–Crippen LogP) is 2.17. The van der Waals surface area contributed by atoms with Crippen LogP contribution in [0.1, 0.15) is 49.9 Å². The fourth-order valence-corrected chi connectivity index (χ4v) is 3.19. The first kappa shape index (κ1) is 23.7. The van der Waals surface area contributed by atoms with Crippen LogP contribution < -0.4 is 10.1 Å². The van der Waals surface area contributed by atoms with Gasteiger partial charge in [0.15, 0.2) is 0 Å². The van der Waals surface area contributed by atoms with Gasteiger partial charge in [-0.3, -0.25) is 14.4 Å². The van der Waals surface area contributed by atoms with E-state index in [1.54, 1.807) is 24.3 Å². The van der Waals surface area contributed by atoms with Crippen molar-refractivity contribution < 1.29 is 28.6 Å². The van der Waals surface area contributed by atoms with Crippen LogP contribution in [0, 0.1) is 0 Å². The molecule has 0 aromatic heterocycles. The number of nitrogens with zero attached hydrogens (tertiary/aromatic N) is 1. The van der Waals surface area contributed by atoms with Crippen molar-refractivity contribution in [3.8, 4) is 5.75 Å². The number of nitrogens with one attached hydrogen (secondary N) is 1. The molecule has 0 radical (unpaired) electrons. The minimum Gasteiger partial charge on any atom is -0.490 e. The average molecular weight is 421 g/mol. The molecule has 1 unspecified atom stereocenters. The second-order valence-corrected chi connectivity index (χ2v) is 6.98. The van der Waals surface area contributed by atoms with Gasteiger partial charge < -0.3 is 24.4 Å². The topological polar surface area (TPSA) is 94.2 Å². The van der Waals surface area contributed by atoms with Crippen LogP contribution in [0.15, 0.2) is 24.3 Å². The number of hydrogen-bond donors (Lipinski definition) is 1. The van der Waals surface area contributed by atoms with Crippen molar-refractivity contribution in [2.24, 2.45) is 0 Å². The van der Waals surface area contributed by atoms with Crippen molar-refractivity contribution in [3.05, 3.63) is 29.8 Å². The van der Waals surface area contributed by atoms with Crippen LogP contribution in [-0.2, 0) is 19.1 Å². The molecule has 0 spiro atoms. The smallest absolute Gasteiger partial charge is 0.308 e. The summed E-state index contributed by atoms with van der Waals surface area (Å²) in [6, 6.07) is 5.98. The lowest BCUT2D eigenvalue weighted by Crippen LogP contribution is -2.57. The molecular weight excluding hydrogens is 388 g/mol. The number of esters is 1. The quantitative estimate of drug-likeness (QED) is 0.411. The lowest BCUT2D eigenvalue weighted by Gasteiger charge is -2.34. The van der Waals surface area contributed by atoms with Crippen molar-refractivity contribution >= 4 is 17.8 Å². The van der Waals surface area contributed by atoms with Crippen LogP contribution in [-0.4, -0.2) is 68.2 Å². The summed E-state index contributed by atoms with van der Waals surface area (Å²) >= 11 is 0.